The van der Waals surface area contributed by atoms with Gasteiger partial charge in [0.2, 0.25) is 5.91 Å². The molecular weight excluding hydrogens is 410 g/mol. The average Bonchev–Trinajstić information content (AvgIpc) is 3.56. The highest BCUT2D eigenvalue weighted by atomic mass is 35.5. The molecule has 1 aromatic carbocycles. The van der Waals surface area contributed by atoms with Crippen molar-refractivity contribution in [1.29, 1.82) is 0 Å². The van der Waals surface area contributed by atoms with Gasteiger partial charge in [-0.3, -0.25) is 9.48 Å². The molecule has 0 aliphatic heterocycles. The second-order valence-electron chi connectivity index (χ2n) is 8.89. The number of carbonyl (C=O) groups is 1. The second kappa shape index (κ2) is 8.19. The molecule has 0 radical (unpaired) electrons. The Bertz CT molecular complexity index is 1060. The van der Waals surface area contributed by atoms with Crippen molar-refractivity contribution in [1.82, 2.24) is 14.7 Å². The van der Waals surface area contributed by atoms with Crippen molar-refractivity contribution >= 4 is 17.5 Å². The zero-order valence-electron chi connectivity index (χ0n) is 17.9. The largest absolute Gasteiger partial charge is 0.467 e. The quantitative estimate of drug-likeness (QED) is 0.532. The highest BCUT2D eigenvalue weighted by Crippen LogP contribution is 2.43. The Morgan fingerprint density at radius 2 is 1.90 bits per heavy atom. The molecule has 0 spiro atoms. The van der Waals surface area contributed by atoms with Crippen molar-refractivity contribution in [3.8, 4) is 0 Å². The van der Waals surface area contributed by atoms with Crippen LogP contribution in [-0.4, -0.2) is 20.6 Å². The van der Waals surface area contributed by atoms with Crippen molar-refractivity contribution < 1.29 is 9.21 Å². The molecule has 31 heavy (non-hydrogen) atoms. The van der Waals surface area contributed by atoms with Gasteiger partial charge < -0.3 is 9.32 Å². The molecule has 2 aliphatic rings. The van der Waals surface area contributed by atoms with Crippen LogP contribution in [0, 0.1) is 0 Å². The van der Waals surface area contributed by atoms with Gasteiger partial charge in [-0.2, -0.15) is 5.10 Å². The van der Waals surface area contributed by atoms with Crippen LogP contribution in [0.15, 0.2) is 47.1 Å². The number of fused-ring (bicyclic) bond motifs is 1. The van der Waals surface area contributed by atoms with Crippen LogP contribution < -0.4 is 0 Å². The molecule has 0 N–H and O–H groups in total. The number of aryl methyl sites for hydroxylation is 1. The summed E-state index contributed by atoms with van der Waals surface area (Å²) in [6.07, 6.45) is 8.79. The minimum atomic E-state index is -0.505. The lowest BCUT2D eigenvalue weighted by Gasteiger charge is -2.34. The van der Waals surface area contributed by atoms with Crippen molar-refractivity contribution in [3.63, 3.8) is 0 Å². The van der Waals surface area contributed by atoms with Crippen LogP contribution in [0.25, 0.3) is 0 Å². The first kappa shape index (κ1) is 20.4. The molecule has 162 valence electrons. The second-order valence-corrected chi connectivity index (χ2v) is 9.32. The highest BCUT2D eigenvalue weighted by molar-refractivity contribution is 6.30. The summed E-state index contributed by atoms with van der Waals surface area (Å²) in [5.41, 5.74) is 4.23. The number of benzene rings is 1. The smallest absolute Gasteiger partial charge is 0.233 e. The molecule has 2 aliphatic carbocycles. The predicted octanol–water partition coefficient (Wildman–Crippen LogP) is 5.20. The summed E-state index contributed by atoms with van der Waals surface area (Å²) in [6, 6.07) is 11.7. The van der Waals surface area contributed by atoms with Gasteiger partial charge in [0.15, 0.2) is 0 Å². The lowest BCUT2D eigenvalue weighted by Crippen LogP contribution is -2.45. The molecule has 1 amide bonds. The van der Waals surface area contributed by atoms with E-state index in [0.717, 1.165) is 62.0 Å². The summed E-state index contributed by atoms with van der Waals surface area (Å²) in [4.78, 5) is 16.2. The molecule has 3 aromatic rings. The Hall–Kier alpha value is -2.53. The molecule has 1 fully saturated rings. The third kappa shape index (κ3) is 3.69. The third-order valence-corrected chi connectivity index (χ3v) is 7.27. The number of rotatable bonds is 6. The van der Waals surface area contributed by atoms with Crippen molar-refractivity contribution in [2.45, 2.75) is 63.5 Å². The molecule has 2 aromatic heterocycles. The van der Waals surface area contributed by atoms with Gasteiger partial charge in [0, 0.05) is 17.8 Å². The van der Waals surface area contributed by atoms with Crippen molar-refractivity contribution in [3.05, 3.63) is 76.0 Å². The van der Waals surface area contributed by atoms with Gasteiger partial charge in [-0.25, -0.2) is 0 Å². The molecular formula is C25H28ClN3O2. The summed E-state index contributed by atoms with van der Waals surface area (Å²) in [6.45, 7) is 0.963. The lowest BCUT2D eigenvalue weighted by atomic mass is 9.77. The maximum absolute atomic E-state index is 14.2. The van der Waals surface area contributed by atoms with Crippen LogP contribution in [0.5, 0.6) is 0 Å². The van der Waals surface area contributed by atoms with E-state index in [1.54, 1.807) is 6.26 Å². The molecule has 2 heterocycles. The molecule has 0 saturated heterocycles. The zero-order valence-corrected chi connectivity index (χ0v) is 18.7. The van der Waals surface area contributed by atoms with E-state index >= 15 is 0 Å². The maximum Gasteiger partial charge on any atom is 0.233 e. The first-order valence-electron chi connectivity index (χ1n) is 11.2. The zero-order chi connectivity index (χ0) is 21.4. The molecule has 0 bridgehead atoms. The van der Waals surface area contributed by atoms with Crippen LogP contribution in [0.4, 0.5) is 0 Å². The van der Waals surface area contributed by atoms with E-state index in [4.69, 9.17) is 21.1 Å². The van der Waals surface area contributed by atoms with Gasteiger partial charge >= 0.3 is 0 Å². The van der Waals surface area contributed by atoms with E-state index in [9.17, 15) is 4.79 Å². The van der Waals surface area contributed by atoms with E-state index in [1.807, 2.05) is 53.0 Å². The van der Waals surface area contributed by atoms with E-state index in [-0.39, 0.29) is 5.91 Å². The topological polar surface area (TPSA) is 51.3 Å². The molecule has 1 saturated carbocycles. The Labute approximate surface area is 188 Å². The van der Waals surface area contributed by atoms with E-state index in [2.05, 4.69) is 0 Å². The fraction of sp³-hybridized carbons (Fsp3) is 0.440. The van der Waals surface area contributed by atoms with E-state index in [1.165, 1.54) is 11.3 Å². The number of nitrogens with zero attached hydrogens (tertiary/aromatic N) is 3. The molecule has 5 nitrogen and oxygen atoms in total. The Balaban J connectivity index is 1.51. The first-order chi connectivity index (χ1) is 15.1. The van der Waals surface area contributed by atoms with Crippen molar-refractivity contribution in [2.24, 2.45) is 7.05 Å². The molecule has 0 unspecified atom stereocenters. The standard InChI is InChI=1S/C25H28ClN3O2/c1-28-23-8-4-7-21(23)22(27-28)17-29(16-20-6-5-15-31-20)24(30)25(13-2-3-14-25)18-9-11-19(26)12-10-18/h5-6,9-12,15H,2-4,7-8,13-14,16-17H2,1H3. The van der Waals surface area contributed by atoms with Crippen molar-refractivity contribution in [2.75, 3.05) is 0 Å². The number of hydrogen-bond donors (Lipinski definition) is 0. The molecule has 6 heteroatoms. The van der Waals surface area contributed by atoms with Gasteiger partial charge in [0.1, 0.15) is 5.76 Å². The molecule has 0 atom stereocenters. The summed E-state index contributed by atoms with van der Waals surface area (Å²) >= 11 is 6.15. The summed E-state index contributed by atoms with van der Waals surface area (Å²) < 4.78 is 7.63. The number of amides is 1. The van der Waals surface area contributed by atoms with Gasteiger partial charge in [0.05, 0.1) is 30.5 Å². The minimum absolute atomic E-state index is 0.168. The number of hydrogen-bond acceptors (Lipinski definition) is 3. The van der Waals surface area contributed by atoms with Crippen LogP contribution in [-0.2, 0) is 43.2 Å². The monoisotopic (exact) mass is 437 g/mol. The minimum Gasteiger partial charge on any atom is -0.467 e. The van der Waals surface area contributed by atoms with Crippen LogP contribution in [0.3, 0.4) is 0 Å². The summed E-state index contributed by atoms with van der Waals surface area (Å²) in [5.74, 6) is 0.964. The highest BCUT2D eigenvalue weighted by Gasteiger charge is 2.45. The van der Waals surface area contributed by atoms with E-state index in [0.29, 0.717) is 18.1 Å². The van der Waals surface area contributed by atoms with Gasteiger partial charge in [-0.15, -0.1) is 0 Å². The Morgan fingerprint density at radius 3 is 2.61 bits per heavy atom. The summed E-state index contributed by atoms with van der Waals surface area (Å²) in [7, 11) is 2.01. The maximum atomic E-state index is 14.2. The normalized spacial score (nSPS) is 17.1. The SMILES string of the molecule is Cn1nc(CN(Cc2ccco2)C(=O)C2(c3ccc(Cl)cc3)CCCC2)c2c1CCC2. The number of furan rings is 1. The van der Waals surface area contributed by atoms with Gasteiger partial charge in [0.25, 0.3) is 0 Å². The summed E-state index contributed by atoms with van der Waals surface area (Å²) in [5, 5.41) is 5.49. The lowest BCUT2D eigenvalue weighted by molar-refractivity contribution is -0.139. The Kier molecular flexibility index (Phi) is 5.39. The fourth-order valence-electron chi connectivity index (χ4n) is 5.47. The first-order valence-corrected chi connectivity index (χ1v) is 11.6. The number of carbonyl (C=O) groups excluding carboxylic acids is 1. The third-order valence-electron chi connectivity index (χ3n) is 7.02. The fourth-order valence-corrected chi connectivity index (χ4v) is 5.60. The Morgan fingerprint density at radius 1 is 1.13 bits per heavy atom. The van der Waals surface area contributed by atoms with E-state index < -0.39 is 5.41 Å². The average molecular weight is 438 g/mol. The predicted molar refractivity (Wildman–Crippen MR) is 120 cm³/mol. The van der Waals surface area contributed by atoms with Crippen LogP contribution >= 0.6 is 11.6 Å². The number of halogens is 1. The van der Waals surface area contributed by atoms with Crippen LogP contribution in [0.2, 0.25) is 5.02 Å². The van der Waals surface area contributed by atoms with Gasteiger partial charge in [-0.05, 0) is 67.5 Å². The number of aromatic nitrogens is 2. The molecule has 5 rings (SSSR count). The van der Waals surface area contributed by atoms with Gasteiger partial charge in [-0.1, -0.05) is 36.6 Å². The van der Waals surface area contributed by atoms with Crippen LogP contribution in [0.1, 0.15) is 60.4 Å².